The first-order chi connectivity index (χ1) is 10.6. The van der Waals surface area contributed by atoms with E-state index >= 15 is 0 Å². The van der Waals surface area contributed by atoms with Gasteiger partial charge in [0, 0.05) is 12.6 Å². The van der Waals surface area contributed by atoms with Crippen LogP contribution in [-0.4, -0.2) is 36.4 Å². The Morgan fingerprint density at radius 3 is 3.00 bits per heavy atom. The van der Waals surface area contributed by atoms with E-state index in [0.717, 1.165) is 13.1 Å². The van der Waals surface area contributed by atoms with Gasteiger partial charge in [-0.05, 0) is 49.9 Å². The molecule has 1 fully saturated rings. The number of hydrogen-bond donors (Lipinski definition) is 3. The van der Waals surface area contributed by atoms with Crippen molar-refractivity contribution in [3.05, 3.63) is 24.5 Å². The maximum atomic E-state index is 11.9. The lowest BCUT2D eigenvalue weighted by Gasteiger charge is -2.27. The second kappa shape index (κ2) is 8.48. The molecule has 6 nitrogen and oxygen atoms in total. The van der Waals surface area contributed by atoms with Gasteiger partial charge in [-0.2, -0.15) is 0 Å². The number of rotatable bonds is 6. The molecule has 1 saturated heterocycles. The van der Waals surface area contributed by atoms with Crippen molar-refractivity contribution in [2.45, 2.75) is 26.2 Å². The molecule has 0 aromatic carbocycles. The van der Waals surface area contributed by atoms with Crippen molar-refractivity contribution in [2.75, 3.05) is 25.0 Å². The number of carbonyl (C=O) groups excluding carboxylic acids is 2. The summed E-state index contributed by atoms with van der Waals surface area (Å²) in [5.41, 5.74) is 0.628. The number of nitrogens with zero attached hydrogens (tertiary/aromatic N) is 1. The molecule has 2 atom stereocenters. The van der Waals surface area contributed by atoms with E-state index in [-0.39, 0.29) is 18.4 Å². The van der Waals surface area contributed by atoms with Crippen LogP contribution in [0.4, 0.5) is 5.69 Å². The van der Waals surface area contributed by atoms with Gasteiger partial charge in [0.15, 0.2) is 0 Å². The van der Waals surface area contributed by atoms with E-state index in [9.17, 15) is 9.59 Å². The fourth-order valence-electron chi connectivity index (χ4n) is 2.72. The van der Waals surface area contributed by atoms with Crippen LogP contribution in [-0.2, 0) is 9.59 Å². The summed E-state index contributed by atoms with van der Waals surface area (Å²) in [6, 6.07) is 3.50. The highest BCUT2D eigenvalue weighted by molar-refractivity contribution is 5.94. The number of piperidine rings is 1. The van der Waals surface area contributed by atoms with Crippen molar-refractivity contribution < 1.29 is 9.59 Å². The van der Waals surface area contributed by atoms with E-state index in [2.05, 4.69) is 27.9 Å². The Hall–Kier alpha value is -1.95. The first kappa shape index (κ1) is 16.4. The Balaban J connectivity index is 1.67. The van der Waals surface area contributed by atoms with Crippen LogP contribution in [0.3, 0.4) is 0 Å². The van der Waals surface area contributed by atoms with Gasteiger partial charge in [0.25, 0.3) is 0 Å². The molecule has 2 rings (SSSR count). The first-order valence-corrected chi connectivity index (χ1v) is 7.82. The van der Waals surface area contributed by atoms with Crippen molar-refractivity contribution in [1.82, 2.24) is 15.6 Å². The quantitative estimate of drug-likeness (QED) is 0.736. The average molecular weight is 304 g/mol. The molecule has 2 unspecified atom stereocenters. The Labute approximate surface area is 131 Å². The van der Waals surface area contributed by atoms with Crippen LogP contribution in [0.5, 0.6) is 0 Å². The standard InChI is InChI=1S/C16H24N4O2/c1-12(13-4-2-6-17-9-13)8-15(21)19-11-16(22)20-14-5-3-7-18-10-14/h3,5,7,10,12-13,17H,2,4,6,8-9,11H2,1H3,(H,19,21)(H,20,22). The number of pyridine rings is 1. The second-order valence-electron chi connectivity index (χ2n) is 5.85. The molecule has 120 valence electrons. The SMILES string of the molecule is CC(CC(=O)NCC(=O)Nc1cccnc1)C1CCCNC1. The minimum Gasteiger partial charge on any atom is -0.347 e. The zero-order valence-corrected chi connectivity index (χ0v) is 13.0. The van der Waals surface area contributed by atoms with Crippen LogP contribution in [0.25, 0.3) is 0 Å². The van der Waals surface area contributed by atoms with E-state index in [1.807, 2.05) is 0 Å². The summed E-state index contributed by atoms with van der Waals surface area (Å²) >= 11 is 0. The number of anilines is 1. The van der Waals surface area contributed by atoms with E-state index in [0.29, 0.717) is 23.9 Å². The number of nitrogens with one attached hydrogen (secondary N) is 3. The lowest BCUT2D eigenvalue weighted by molar-refractivity contribution is -0.125. The van der Waals surface area contributed by atoms with Crippen molar-refractivity contribution >= 4 is 17.5 Å². The Bertz CT molecular complexity index is 486. The van der Waals surface area contributed by atoms with Crippen LogP contribution >= 0.6 is 0 Å². The van der Waals surface area contributed by atoms with Gasteiger partial charge in [-0.3, -0.25) is 14.6 Å². The molecule has 1 aliphatic rings. The highest BCUT2D eigenvalue weighted by Gasteiger charge is 2.22. The molecule has 2 heterocycles. The zero-order valence-electron chi connectivity index (χ0n) is 13.0. The number of carbonyl (C=O) groups is 2. The zero-order chi connectivity index (χ0) is 15.8. The smallest absolute Gasteiger partial charge is 0.243 e. The second-order valence-corrected chi connectivity index (χ2v) is 5.85. The van der Waals surface area contributed by atoms with Crippen LogP contribution in [0.15, 0.2) is 24.5 Å². The fourth-order valence-corrected chi connectivity index (χ4v) is 2.72. The summed E-state index contributed by atoms with van der Waals surface area (Å²) in [5, 5.41) is 8.73. The van der Waals surface area contributed by atoms with Crippen LogP contribution < -0.4 is 16.0 Å². The summed E-state index contributed by atoms with van der Waals surface area (Å²) < 4.78 is 0. The monoisotopic (exact) mass is 304 g/mol. The van der Waals surface area contributed by atoms with Gasteiger partial charge in [-0.25, -0.2) is 0 Å². The first-order valence-electron chi connectivity index (χ1n) is 7.82. The molecule has 0 bridgehead atoms. The van der Waals surface area contributed by atoms with E-state index in [4.69, 9.17) is 0 Å². The summed E-state index contributed by atoms with van der Waals surface area (Å²) in [5.74, 6) is 0.561. The van der Waals surface area contributed by atoms with Gasteiger partial charge in [-0.1, -0.05) is 6.92 Å². The number of amides is 2. The topological polar surface area (TPSA) is 83.1 Å². The van der Waals surface area contributed by atoms with Crippen LogP contribution in [0.2, 0.25) is 0 Å². The van der Waals surface area contributed by atoms with Gasteiger partial charge in [-0.15, -0.1) is 0 Å². The summed E-state index contributed by atoms with van der Waals surface area (Å²) in [7, 11) is 0. The maximum absolute atomic E-state index is 11.9. The molecule has 0 aliphatic carbocycles. The third-order valence-corrected chi connectivity index (χ3v) is 4.04. The van der Waals surface area contributed by atoms with Crippen molar-refractivity contribution in [1.29, 1.82) is 0 Å². The largest absolute Gasteiger partial charge is 0.347 e. The van der Waals surface area contributed by atoms with Crippen molar-refractivity contribution in [3.63, 3.8) is 0 Å². The lowest BCUT2D eigenvalue weighted by atomic mass is 9.85. The molecule has 0 radical (unpaired) electrons. The Kier molecular flexibility index (Phi) is 6.33. The molecule has 3 N–H and O–H groups in total. The van der Waals surface area contributed by atoms with Gasteiger partial charge in [0.05, 0.1) is 18.4 Å². The predicted octanol–water partition coefficient (Wildman–Crippen LogP) is 1.16. The van der Waals surface area contributed by atoms with Crippen LogP contribution in [0, 0.1) is 11.8 Å². The minimum atomic E-state index is -0.242. The molecule has 0 saturated carbocycles. The Morgan fingerprint density at radius 2 is 2.32 bits per heavy atom. The molecule has 22 heavy (non-hydrogen) atoms. The van der Waals surface area contributed by atoms with Crippen molar-refractivity contribution in [3.8, 4) is 0 Å². The van der Waals surface area contributed by atoms with Crippen LogP contribution in [0.1, 0.15) is 26.2 Å². The number of aromatic nitrogens is 1. The third kappa shape index (κ3) is 5.44. The molecular weight excluding hydrogens is 280 g/mol. The molecule has 1 aromatic heterocycles. The molecule has 1 aromatic rings. The van der Waals surface area contributed by atoms with Gasteiger partial charge >= 0.3 is 0 Å². The van der Waals surface area contributed by atoms with E-state index in [1.54, 1.807) is 24.5 Å². The summed E-state index contributed by atoms with van der Waals surface area (Å²) in [6.45, 7) is 4.15. The van der Waals surface area contributed by atoms with Gasteiger partial charge in [0.1, 0.15) is 0 Å². The normalized spacial score (nSPS) is 19.2. The maximum Gasteiger partial charge on any atom is 0.243 e. The fraction of sp³-hybridized carbons (Fsp3) is 0.562. The summed E-state index contributed by atoms with van der Waals surface area (Å²) in [6.07, 6.45) is 6.01. The molecular formula is C16H24N4O2. The highest BCUT2D eigenvalue weighted by Crippen LogP contribution is 2.22. The molecule has 2 amide bonds. The minimum absolute atomic E-state index is 0.0106. The average Bonchev–Trinajstić information content (AvgIpc) is 2.55. The Morgan fingerprint density at radius 1 is 1.45 bits per heavy atom. The van der Waals surface area contributed by atoms with Gasteiger partial charge in [0.2, 0.25) is 11.8 Å². The van der Waals surface area contributed by atoms with Gasteiger partial charge < -0.3 is 16.0 Å². The molecule has 6 heteroatoms. The van der Waals surface area contributed by atoms with Crippen molar-refractivity contribution in [2.24, 2.45) is 11.8 Å². The number of hydrogen-bond acceptors (Lipinski definition) is 4. The predicted molar refractivity (Wildman–Crippen MR) is 85.3 cm³/mol. The van der Waals surface area contributed by atoms with E-state index in [1.165, 1.54) is 12.8 Å². The third-order valence-electron chi connectivity index (χ3n) is 4.04. The molecule has 0 spiro atoms. The molecule has 1 aliphatic heterocycles. The van der Waals surface area contributed by atoms with E-state index < -0.39 is 0 Å². The highest BCUT2D eigenvalue weighted by atomic mass is 16.2. The lowest BCUT2D eigenvalue weighted by Crippen LogP contribution is -2.37. The summed E-state index contributed by atoms with van der Waals surface area (Å²) in [4.78, 5) is 27.6.